The second-order valence-corrected chi connectivity index (χ2v) is 4.90. The number of aryl methyl sites for hydroxylation is 1. The summed E-state index contributed by atoms with van der Waals surface area (Å²) < 4.78 is 2.24. The zero-order valence-electron chi connectivity index (χ0n) is 10.6. The molecule has 0 amide bonds. The van der Waals surface area contributed by atoms with Gasteiger partial charge in [0.05, 0.1) is 17.8 Å². The summed E-state index contributed by atoms with van der Waals surface area (Å²) in [5.74, 6) is 1.21. The van der Waals surface area contributed by atoms with E-state index in [1.54, 1.807) is 0 Å². The Morgan fingerprint density at radius 1 is 1.47 bits per heavy atom. The highest BCUT2D eigenvalue weighted by molar-refractivity contribution is 5.48. The van der Waals surface area contributed by atoms with Crippen molar-refractivity contribution < 1.29 is 0 Å². The lowest BCUT2D eigenvalue weighted by Gasteiger charge is -2.21. The number of fused-ring (bicyclic) bond motifs is 1. The van der Waals surface area contributed by atoms with Crippen molar-refractivity contribution in [3.63, 3.8) is 0 Å². The third kappa shape index (κ3) is 1.75. The van der Waals surface area contributed by atoms with Gasteiger partial charge in [0, 0.05) is 6.20 Å². The average molecular weight is 229 g/mol. The van der Waals surface area contributed by atoms with E-state index in [9.17, 15) is 0 Å². The standard InChI is InChI=1S/C14H19N3/c1-3-16-7-4-5-13(16)14-15-10-12-9-11(2)6-8-17(12)14/h6,8-10,13H,3-5,7H2,1-2H3. The number of nitrogens with zero attached hydrogens (tertiary/aromatic N) is 3. The van der Waals surface area contributed by atoms with Gasteiger partial charge in [-0.25, -0.2) is 4.98 Å². The molecule has 0 aromatic carbocycles. The summed E-state index contributed by atoms with van der Waals surface area (Å²) in [6.45, 7) is 6.69. The first-order chi connectivity index (χ1) is 8.29. The Morgan fingerprint density at radius 2 is 2.35 bits per heavy atom. The summed E-state index contributed by atoms with van der Waals surface area (Å²) in [5.41, 5.74) is 2.51. The summed E-state index contributed by atoms with van der Waals surface area (Å²) in [6.07, 6.45) is 6.67. The second-order valence-electron chi connectivity index (χ2n) is 4.90. The van der Waals surface area contributed by atoms with Crippen LogP contribution in [0.4, 0.5) is 0 Å². The van der Waals surface area contributed by atoms with Gasteiger partial charge < -0.3 is 4.40 Å². The SMILES string of the molecule is CCN1CCCC1c1ncc2cc(C)ccn12. The van der Waals surface area contributed by atoms with Crippen molar-refractivity contribution in [3.05, 3.63) is 35.9 Å². The molecule has 1 saturated heterocycles. The van der Waals surface area contributed by atoms with Crippen molar-refractivity contribution in [1.29, 1.82) is 0 Å². The van der Waals surface area contributed by atoms with E-state index in [1.807, 2.05) is 6.20 Å². The highest BCUT2D eigenvalue weighted by Gasteiger charge is 2.27. The van der Waals surface area contributed by atoms with E-state index >= 15 is 0 Å². The molecule has 1 aliphatic heterocycles. The fourth-order valence-corrected chi connectivity index (χ4v) is 2.88. The third-order valence-electron chi connectivity index (χ3n) is 3.78. The van der Waals surface area contributed by atoms with Gasteiger partial charge in [-0.05, 0) is 50.6 Å². The highest BCUT2D eigenvalue weighted by Crippen LogP contribution is 2.31. The smallest absolute Gasteiger partial charge is 0.130 e. The molecule has 0 radical (unpaired) electrons. The molecule has 0 aliphatic carbocycles. The van der Waals surface area contributed by atoms with E-state index in [-0.39, 0.29) is 0 Å². The number of hydrogen-bond donors (Lipinski definition) is 0. The lowest BCUT2D eigenvalue weighted by atomic mass is 10.2. The van der Waals surface area contributed by atoms with Gasteiger partial charge >= 0.3 is 0 Å². The minimum Gasteiger partial charge on any atom is -0.302 e. The Hall–Kier alpha value is -1.35. The van der Waals surface area contributed by atoms with Crippen molar-refractivity contribution in [1.82, 2.24) is 14.3 Å². The fourth-order valence-electron chi connectivity index (χ4n) is 2.88. The molecular weight excluding hydrogens is 210 g/mol. The maximum atomic E-state index is 4.64. The molecule has 0 spiro atoms. The van der Waals surface area contributed by atoms with Crippen LogP contribution in [0.1, 0.15) is 37.2 Å². The van der Waals surface area contributed by atoms with Gasteiger partial charge in [-0.3, -0.25) is 4.90 Å². The molecular formula is C14H19N3. The van der Waals surface area contributed by atoms with E-state index in [4.69, 9.17) is 0 Å². The lowest BCUT2D eigenvalue weighted by molar-refractivity contribution is 0.261. The van der Waals surface area contributed by atoms with Crippen LogP contribution in [0.15, 0.2) is 24.5 Å². The molecule has 3 heteroatoms. The van der Waals surface area contributed by atoms with Crippen molar-refractivity contribution in [2.45, 2.75) is 32.7 Å². The van der Waals surface area contributed by atoms with Crippen molar-refractivity contribution in [2.75, 3.05) is 13.1 Å². The molecule has 1 aliphatic rings. The highest BCUT2D eigenvalue weighted by atomic mass is 15.2. The van der Waals surface area contributed by atoms with Crippen LogP contribution in [-0.2, 0) is 0 Å². The number of aromatic nitrogens is 2. The van der Waals surface area contributed by atoms with Gasteiger partial charge in [0.2, 0.25) is 0 Å². The number of imidazole rings is 1. The zero-order chi connectivity index (χ0) is 11.8. The van der Waals surface area contributed by atoms with Crippen LogP contribution in [0.5, 0.6) is 0 Å². The summed E-state index contributed by atoms with van der Waals surface area (Å²) >= 11 is 0. The number of pyridine rings is 1. The Morgan fingerprint density at radius 3 is 3.18 bits per heavy atom. The predicted molar refractivity (Wildman–Crippen MR) is 69.2 cm³/mol. The molecule has 3 rings (SSSR count). The third-order valence-corrected chi connectivity index (χ3v) is 3.78. The molecule has 0 saturated carbocycles. The van der Waals surface area contributed by atoms with Crippen molar-refractivity contribution >= 4 is 5.52 Å². The largest absolute Gasteiger partial charge is 0.302 e. The molecule has 90 valence electrons. The summed E-state index contributed by atoms with van der Waals surface area (Å²) in [4.78, 5) is 7.16. The topological polar surface area (TPSA) is 20.5 Å². The van der Waals surface area contributed by atoms with Gasteiger partial charge in [-0.15, -0.1) is 0 Å². The van der Waals surface area contributed by atoms with Crippen LogP contribution in [0.3, 0.4) is 0 Å². The van der Waals surface area contributed by atoms with Gasteiger partial charge in [-0.2, -0.15) is 0 Å². The van der Waals surface area contributed by atoms with Crippen molar-refractivity contribution in [2.24, 2.45) is 0 Å². The van der Waals surface area contributed by atoms with Crippen LogP contribution >= 0.6 is 0 Å². The van der Waals surface area contributed by atoms with Gasteiger partial charge in [0.1, 0.15) is 5.82 Å². The first-order valence-corrected chi connectivity index (χ1v) is 6.47. The van der Waals surface area contributed by atoms with Crippen LogP contribution in [0, 0.1) is 6.92 Å². The van der Waals surface area contributed by atoms with E-state index in [0.717, 1.165) is 6.54 Å². The maximum absolute atomic E-state index is 4.64. The van der Waals surface area contributed by atoms with E-state index < -0.39 is 0 Å². The van der Waals surface area contributed by atoms with Crippen LogP contribution in [0.2, 0.25) is 0 Å². The summed E-state index contributed by atoms with van der Waals surface area (Å²) in [7, 11) is 0. The Balaban J connectivity index is 2.05. The molecule has 2 aromatic heterocycles. The lowest BCUT2D eigenvalue weighted by Crippen LogP contribution is -2.24. The molecule has 0 N–H and O–H groups in total. The molecule has 1 fully saturated rings. The van der Waals surface area contributed by atoms with Gasteiger partial charge in [0.25, 0.3) is 0 Å². The molecule has 2 aromatic rings. The number of likely N-dealkylation sites (tertiary alicyclic amines) is 1. The van der Waals surface area contributed by atoms with E-state index in [0.29, 0.717) is 6.04 Å². The van der Waals surface area contributed by atoms with Gasteiger partial charge in [-0.1, -0.05) is 6.92 Å². The molecule has 1 unspecified atom stereocenters. The average Bonchev–Trinajstić information content (AvgIpc) is 2.92. The molecule has 3 nitrogen and oxygen atoms in total. The zero-order valence-corrected chi connectivity index (χ0v) is 10.6. The first-order valence-electron chi connectivity index (χ1n) is 6.47. The molecule has 0 bridgehead atoms. The number of hydrogen-bond acceptors (Lipinski definition) is 2. The first kappa shape index (κ1) is 10.8. The fraction of sp³-hybridized carbons (Fsp3) is 0.500. The maximum Gasteiger partial charge on any atom is 0.130 e. The van der Waals surface area contributed by atoms with Crippen LogP contribution in [-0.4, -0.2) is 27.4 Å². The second kappa shape index (κ2) is 4.15. The van der Waals surface area contributed by atoms with E-state index in [1.165, 1.54) is 36.3 Å². The quantitative estimate of drug-likeness (QED) is 0.789. The summed E-state index contributed by atoms with van der Waals surface area (Å²) in [5, 5.41) is 0. The summed E-state index contributed by atoms with van der Waals surface area (Å²) in [6, 6.07) is 4.86. The molecule has 3 heterocycles. The molecule has 1 atom stereocenters. The van der Waals surface area contributed by atoms with Crippen LogP contribution < -0.4 is 0 Å². The van der Waals surface area contributed by atoms with Gasteiger partial charge in [0.15, 0.2) is 0 Å². The van der Waals surface area contributed by atoms with Crippen LogP contribution in [0.25, 0.3) is 5.52 Å². The Bertz CT molecular complexity index is 529. The van der Waals surface area contributed by atoms with Crippen molar-refractivity contribution in [3.8, 4) is 0 Å². The Labute approximate surface area is 102 Å². The minimum atomic E-state index is 0.505. The predicted octanol–water partition coefficient (Wildman–Crippen LogP) is 2.80. The Kier molecular flexibility index (Phi) is 2.63. The molecule has 17 heavy (non-hydrogen) atoms. The number of rotatable bonds is 2. The normalized spacial score (nSPS) is 21.4. The monoisotopic (exact) mass is 229 g/mol. The minimum absolute atomic E-state index is 0.505. The van der Waals surface area contributed by atoms with E-state index in [2.05, 4.69) is 46.5 Å².